The molecule has 1 heterocycles. The standard InChI is InChI=1S/C12H13NO2.C2H6/c1-8-3-4-11-10(5-8)9(7-13-11)6-12(14)15-2;1-2/h3-5,7,13H,6H2,1-2H3;1-2H3. The molecular weight excluding hydrogens is 214 g/mol. The lowest BCUT2D eigenvalue weighted by molar-refractivity contribution is -0.139. The van der Waals surface area contributed by atoms with Gasteiger partial charge in [-0.3, -0.25) is 4.79 Å². The van der Waals surface area contributed by atoms with E-state index in [0.717, 1.165) is 16.5 Å². The van der Waals surface area contributed by atoms with Crippen LogP contribution >= 0.6 is 0 Å². The predicted molar refractivity (Wildman–Crippen MR) is 70.1 cm³/mol. The minimum absolute atomic E-state index is 0.211. The van der Waals surface area contributed by atoms with E-state index in [1.165, 1.54) is 12.7 Å². The molecule has 1 aromatic heterocycles. The number of methoxy groups -OCH3 is 1. The first-order valence-corrected chi connectivity index (χ1v) is 5.84. The van der Waals surface area contributed by atoms with Gasteiger partial charge >= 0.3 is 5.97 Å². The average Bonchev–Trinajstić information content (AvgIpc) is 2.74. The fourth-order valence-electron chi connectivity index (χ4n) is 1.67. The second-order valence-electron chi connectivity index (χ2n) is 3.62. The SMILES string of the molecule is CC.COC(=O)Cc1c[nH]c2ccc(C)cc12. The first-order valence-electron chi connectivity index (χ1n) is 5.84. The molecule has 0 aliphatic heterocycles. The molecule has 0 saturated heterocycles. The Bertz CT molecular complexity index is 500. The molecule has 0 bridgehead atoms. The van der Waals surface area contributed by atoms with Gasteiger partial charge in [-0.1, -0.05) is 25.5 Å². The highest BCUT2D eigenvalue weighted by molar-refractivity contribution is 5.87. The zero-order valence-corrected chi connectivity index (χ0v) is 10.8. The van der Waals surface area contributed by atoms with Gasteiger partial charge in [0, 0.05) is 17.1 Å². The Balaban J connectivity index is 0.000000686. The molecular formula is C14H19NO2. The number of fused-ring (bicyclic) bond motifs is 1. The smallest absolute Gasteiger partial charge is 0.310 e. The highest BCUT2D eigenvalue weighted by Crippen LogP contribution is 2.20. The molecule has 2 aromatic rings. The van der Waals surface area contributed by atoms with E-state index in [1.54, 1.807) is 0 Å². The molecule has 0 aliphatic carbocycles. The summed E-state index contributed by atoms with van der Waals surface area (Å²) in [6.07, 6.45) is 2.18. The Morgan fingerprint density at radius 3 is 2.71 bits per heavy atom. The van der Waals surface area contributed by atoms with Crippen LogP contribution in [0.4, 0.5) is 0 Å². The van der Waals surface area contributed by atoms with E-state index in [9.17, 15) is 4.79 Å². The van der Waals surface area contributed by atoms with E-state index in [1.807, 2.05) is 39.1 Å². The molecule has 0 spiro atoms. The maximum atomic E-state index is 11.2. The monoisotopic (exact) mass is 233 g/mol. The number of carbonyl (C=O) groups excluding carboxylic acids is 1. The van der Waals surface area contributed by atoms with Crippen LogP contribution in [0.3, 0.4) is 0 Å². The summed E-state index contributed by atoms with van der Waals surface area (Å²) in [6, 6.07) is 6.14. The minimum atomic E-state index is -0.211. The average molecular weight is 233 g/mol. The fraction of sp³-hybridized carbons (Fsp3) is 0.357. The summed E-state index contributed by atoms with van der Waals surface area (Å²) in [5.74, 6) is -0.211. The zero-order chi connectivity index (χ0) is 12.8. The third-order valence-corrected chi connectivity index (χ3v) is 2.49. The van der Waals surface area contributed by atoms with E-state index in [-0.39, 0.29) is 5.97 Å². The molecule has 0 amide bonds. The summed E-state index contributed by atoms with van der Waals surface area (Å²) < 4.78 is 4.65. The Morgan fingerprint density at radius 1 is 1.35 bits per heavy atom. The summed E-state index contributed by atoms with van der Waals surface area (Å²) in [6.45, 7) is 6.04. The van der Waals surface area contributed by atoms with Crippen molar-refractivity contribution in [1.29, 1.82) is 0 Å². The molecule has 0 fully saturated rings. The number of aryl methyl sites for hydroxylation is 1. The fourth-order valence-corrected chi connectivity index (χ4v) is 1.67. The number of aromatic amines is 1. The Kier molecular flexibility index (Phi) is 4.76. The second-order valence-corrected chi connectivity index (χ2v) is 3.62. The number of benzene rings is 1. The van der Waals surface area contributed by atoms with Crippen LogP contribution in [-0.4, -0.2) is 18.1 Å². The number of nitrogens with one attached hydrogen (secondary N) is 1. The number of H-pyrrole nitrogens is 1. The summed E-state index contributed by atoms with van der Waals surface area (Å²) in [4.78, 5) is 14.3. The number of rotatable bonds is 2. The molecule has 2 rings (SSSR count). The highest BCUT2D eigenvalue weighted by atomic mass is 16.5. The first kappa shape index (κ1) is 13.3. The van der Waals surface area contributed by atoms with Gasteiger partial charge in [0.2, 0.25) is 0 Å². The van der Waals surface area contributed by atoms with Gasteiger partial charge in [-0.05, 0) is 24.6 Å². The van der Waals surface area contributed by atoms with Crippen molar-refractivity contribution in [3.8, 4) is 0 Å². The number of carbonyl (C=O) groups is 1. The molecule has 1 N–H and O–H groups in total. The van der Waals surface area contributed by atoms with Gasteiger partial charge in [0.15, 0.2) is 0 Å². The number of esters is 1. The van der Waals surface area contributed by atoms with Crippen molar-refractivity contribution in [3.05, 3.63) is 35.5 Å². The van der Waals surface area contributed by atoms with Crippen LogP contribution in [0.2, 0.25) is 0 Å². The van der Waals surface area contributed by atoms with Crippen molar-refractivity contribution in [2.45, 2.75) is 27.2 Å². The summed E-state index contributed by atoms with van der Waals surface area (Å²) in [5, 5.41) is 1.10. The molecule has 0 aliphatic rings. The normalized spacial score (nSPS) is 9.65. The van der Waals surface area contributed by atoms with E-state index in [0.29, 0.717) is 6.42 Å². The molecule has 0 radical (unpaired) electrons. The first-order chi connectivity index (χ1) is 8.20. The maximum Gasteiger partial charge on any atom is 0.310 e. The Morgan fingerprint density at radius 2 is 2.06 bits per heavy atom. The van der Waals surface area contributed by atoms with Gasteiger partial charge < -0.3 is 9.72 Å². The quantitative estimate of drug-likeness (QED) is 0.809. The van der Waals surface area contributed by atoms with Gasteiger partial charge in [0.05, 0.1) is 13.5 Å². The van der Waals surface area contributed by atoms with Gasteiger partial charge in [-0.2, -0.15) is 0 Å². The molecule has 0 atom stereocenters. The zero-order valence-electron chi connectivity index (χ0n) is 10.8. The third kappa shape index (κ3) is 3.09. The lowest BCUT2D eigenvalue weighted by Gasteiger charge is -1.98. The summed E-state index contributed by atoms with van der Waals surface area (Å²) in [5.41, 5.74) is 3.23. The number of aromatic nitrogens is 1. The number of hydrogen-bond acceptors (Lipinski definition) is 2. The van der Waals surface area contributed by atoms with Gasteiger partial charge in [-0.25, -0.2) is 0 Å². The van der Waals surface area contributed by atoms with Crippen LogP contribution in [0.1, 0.15) is 25.0 Å². The molecule has 1 aromatic carbocycles. The van der Waals surface area contributed by atoms with Crippen LogP contribution < -0.4 is 0 Å². The van der Waals surface area contributed by atoms with Crippen molar-refractivity contribution in [2.24, 2.45) is 0 Å². The van der Waals surface area contributed by atoms with Crippen LogP contribution in [0.5, 0.6) is 0 Å². The Labute approximate surface area is 102 Å². The van der Waals surface area contributed by atoms with Crippen LogP contribution in [-0.2, 0) is 16.0 Å². The molecule has 17 heavy (non-hydrogen) atoms. The van der Waals surface area contributed by atoms with Crippen molar-refractivity contribution >= 4 is 16.9 Å². The van der Waals surface area contributed by atoms with E-state index >= 15 is 0 Å². The van der Waals surface area contributed by atoms with Crippen LogP contribution in [0, 0.1) is 6.92 Å². The predicted octanol–water partition coefficient (Wildman–Crippen LogP) is 3.22. The second kappa shape index (κ2) is 6.09. The van der Waals surface area contributed by atoms with Gasteiger partial charge in [0.25, 0.3) is 0 Å². The van der Waals surface area contributed by atoms with E-state index < -0.39 is 0 Å². The Hall–Kier alpha value is -1.77. The molecule has 3 heteroatoms. The van der Waals surface area contributed by atoms with Crippen molar-refractivity contribution in [3.63, 3.8) is 0 Å². The third-order valence-electron chi connectivity index (χ3n) is 2.49. The van der Waals surface area contributed by atoms with Crippen molar-refractivity contribution < 1.29 is 9.53 Å². The summed E-state index contributed by atoms with van der Waals surface area (Å²) in [7, 11) is 1.41. The topological polar surface area (TPSA) is 42.1 Å². The van der Waals surface area contributed by atoms with Crippen molar-refractivity contribution in [2.75, 3.05) is 7.11 Å². The van der Waals surface area contributed by atoms with Crippen LogP contribution in [0.25, 0.3) is 10.9 Å². The maximum absolute atomic E-state index is 11.2. The number of hydrogen-bond donors (Lipinski definition) is 1. The van der Waals surface area contributed by atoms with Crippen LogP contribution in [0.15, 0.2) is 24.4 Å². The molecule has 92 valence electrons. The van der Waals surface area contributed by atoms with Gasteiger partial charge in [-0.15, -0.1) is 0 Å². The lowest BCUT2D eigenvalue weighted by atomic mass is 10.1. The molecule has 0 unspecified atom stereocenters. The largest absolute Gasteiger partial charge is 0.469 e. The number of ether oxygens (including phenoxy) is 1. The van der Waals surface area contributed by atoms with Gasteiger partial charge in [0.1, 0.15) is 0 Å². The lowest BCUT2D eigenvalue weighted by Crippen LogP contribution is -2.03. The summed E-state index contributed by atoms with van der Waals surface area (Å²) >= 11 is 0. The van der Waals surface area contributed by atoms with E-state index in [2.05, 4.69) is 15.8 Å². The van der Waals surface area contributed by atoms with E-state index in [4.69, 9.17) is 0 Å². The highest BCUT2D eigenvalue weighted by Gasteiger charge is 2.08. The molecule has 3 nitrogen and oxygen atoms in total. The minimum Gasteiger partial charge on any atom is -0.469 e. The molecule has 0 saturated carbocycles. The van der Waals surface area contributed by atoms with Crippen molar-refractivity contribution in [1.82, 2.24) is 4.98 Å².